The van der Waals surface area contributed by atoms with Gasteiger partial charge in [0.05, 0.1) is 29.5 Å². The van der Waals surface area contributed by atoms with Gasteiger partial charge in [0.2, 0.25) is 5.91 Å². The van der Waals surface area contributed by atoms with Crippen molar-refractivity contribution in [2.24, 2.45) is 5.92 Å². The zero-order chi connectivity index (χ0) is 21.1. The van der Waals surface area contributed by atoms with E-state index in [2.05, 4.69) is 20.6 Å². The highest BCUT2D eigenvalue weighted by Crippen LogP contribution is 2.39. The van der Waals surface area contributed by atoms with Gasteiger partial charge < -0.3 is 20.7 Å². The summed E-state index contributed by atoms with van der Waals surface area (Å²) in [5.41, 5.74) is 4.64. The van der Waals surface area contributed by atoms with E-state index in [1.54, 1.807) is 19.3 Å². The van der Waals surface area contributed by atoms with Gasteiger partial charge in [0, 0.05) is 48.2 Å². The monoisotopic (exact) mass is 404 g/mol. The van der Waals surface area contributed by atoms with Crippen LogP contribution in [0.3, 0.4) is 0 Å². The fraction of sp³-hybridized carbons (Fsp3) is 0.261. The van der Waals surface area contributed by atoms with Gasteiger partial charge in [-0.2, -0.15) is 0 Å². The number of nitrogens with zero attached hydrogens (tertiary/aromatic N) is 1. The lowest BCUT2D eigenvalue weighted by Gasteiger charge is -2.23. The summed E-state index contributed by atoms with van der Waals surface area (Å²) in [6.45, 7) is 1.59. The molecular weight excluding hydrogens is 380 g/mol. The fourth-order valence-corrected chi connectivity index (χ4v) is 3.77. The number of benzene rings is 1. The van der Waals surface area contributed by atoms with E-state index in [1.807, 2.05) is 42.5 Å². The van der Waals surface area contributed by atoms with Gasteiger partial charge in [-0.15, -0.1) is 0 Å². The number of aromatic nitrogens is 2. The van der Waals surface area contributed by atoms with E-state index in [-0.39, 0.29) is 30.8 Å². The molecular formula is C23H24N4O3. The highest BCUT2D eigenvalue weighted by Gasteiger charge is 2.35. The van der Waals surface area contributed by atoms with E-state index in [0.29, 0.717) is 12.0 Å². The predicted octanol–water partition coefficient (Wildman–Crippen LogP) is 3.06. The molecule has 0 fully saturated rings. The van der Waals surface area contributed by atoms with E-state index in [4.69, 9.17) is 0 Å². The molecule has 0 saturated heterocycles. The first-order valence-corrected chi connectivity index (χ1v) is 9.98. The van der Waals surface area contributed by atoms with Gasteiger partial charge in [-0.05, 0) is 31.2 Å². The summed E-state index contributed by atoms with van der Waals surface area (Å²) in [6, 6.07) is 13.1. The Balaban J connectivity index is 1.72. The van der Waals surface area contributed by atoms with Crippen molar-refractivity contribution in [2.45, 2.75) is 25.8 Å². The third-order valence-electron chi connectivity index (χ3n) is 5.28. The first kappa shape index (κ1) is 19.8. The standard InChI is InChI=1S/C23H24N4O3/c1-14(13-28)25-23(30)16-11-18-20(19(29)12-16)22(26-17-5-3-2-4-6-17)21(27-18)15-7-9-24-10-8-15/h2-10,14,16,26-28H,11-13H2,1H3,(H,25,30)/t14-,16+/m0/s1. The van der Waals surface area contributed by atoms with Crippen LogP contribution in [0.1, 0.15) is 29.4 Å². The van der Waals surface area contributed by atoms with Crippen molar-refractivity contribution in [3.8, 4) is 11.3 Å². The first-order valence-electron chi connectivity index (χ1n) is 9.98. The summed E-state index contributed by atoms with van der Waals surface area (Å²) in [7, 11) is 0. The van der Waals surface area contributed by atoms with Gasteiger partial charge in [-0.3, -0.25) is 14.6 Å². The SMILES string of the molecule is C[C@@H](CO)NC(=O)[C@H]1CC(=O)c2c([nH]c(-c3ccncc3)c2Nc2ccccc2)C1. The Bertz CT molecular complexity index is 1050. The molecule has 4 rings (SSSR count). The van der Waals surface area contributed by atoms with Crippen molar-refractivity contribution in [1.82, 2.24) is 15.3 Å². The minimum absolute atomic E-state index is 0.0805. The summed E-state index contributed by atoms with van der Waals surface area (Å²) in [5, 5.41) is 15.4. The van der Waals surface area contributed by atoms with Crippen molar-refractivity contribution in [2.75, 3.05) is 11.9 Å². The Hall–Kier alpha value is -3.45. The highest BCUT2D eigenvalue weighted by atomic mass is 16.3. The van der Waals surface area contributed by atoms with E-state index in [1.165, 1.54) is 0 Å². The number of anilines is 2. The number of nitrogens with one attached hydrogen (secondary N) is 3. The largest absolute Gasteiger partial charge is 0.394 e. The van der Waals surface area contributed by atoms with Crippen molar-refractivity contribution < 1.29 is 14.7 Å². The quantitative estimate of drug-likeness (QED) is 0.505. The second-order valence-electron chi connectivity index (χ2n) is 7.58. The minimum Gasteiger partial charge on any atom is -0.394 e. The normalized spacial score (nSPS) is 16.6. The topological polar surface area (TPSA) is 107 Å². The average Bonchev–Trinajstić information content (AvgIpc) is 3.13. The summed E-state index contributed by atoms with van der Waals surface area (Å²) in [4.78, 5) is 33.1. The Morgan fingerprint density at radius 3 is 2.63 bits per heavy atom. The molecule has 2 atom stereocenters. The van der Waals surface area contributed by atoms with E-state index in [0.717, 1.165) is 28.3 Å². The van der Waals surface area contributed by atoms with E-state index >= 15 is 0 Å². The average molecular weight is 404 g/mol. The van der Waals surface area contributed by atoms with Crippen molar-refractivity contribution in [3.05, 3.63) is 66.1 Å². The lowest BCUT2D eigenvalue weighted by molar-refractivity contribution is -0.126. The number of hydrogen-bond donors (Lipinski definition) is 4. The molecule has 0 bridgehead atoms. The molecule has 0 saturated carbocycles. The molecule has 30 heavy (non-hydrogen) atoms. The van der Waals surface area contributed by atoms with E-state index < -0.39 is 5.92 Å². The summed E-state index contributed by atoms with van der Waals surface area (Å²) < 4.78 is 0. The van der Waals surface area contributed by atoms with Gasteiger partial charge in [-0.25, -0.2) is 0 Å². The minimum atomic E-state index is -0.465. The first-order chi connectivity index (χ1) is 14.6. The number of carbonyl (C=O) groups is 2. The maximum Gasteiger partial charge on any atom is 0.224 e. The highest BCUT2D eigenvalue weighted by molar-refractivity contribution is 6.09. The van der Waals surface area contributed by atoms with E-state index in [9.17, 15) is 14.7 Å². The molecule has 1 aromatic carbocycles. The number of Topliss-reactive ketones (excluding diaryl/α,β-unsaturated/α-hetero) is 1. The van der Waals surface area contributed by atoms with Crippen LogP contribution in [0.25, 0.3) is 11.3 Å². The molecule has 1 amide bonds. The molecule has 3 aromatic rings. The number of aliphatic hydroxyl groups excluding tert-OH is 1. The van der Waals surface area contributed by atoms with Crippen LogP contribution in [0.5, 0.6) is 0 Å². The Labute approximate surface area is 174 Å². The van der Waals surface area contributed by atoms with Crippen LogP contribution in [-0.2, 0) is 11.2 Å². The predicted molar refractivity (Wildman–Crippen MR) is 115 cm³/mol. The summed E-state index contributed by atoms with van der Waals surface area (Å²) in [5.74, 6) is -0.760. The van der Waals surface area contributed by atoms with Crippen molar-refractivity contribution in [1.29, 1.82) is 0 Å². The van der Waals surface area contributed by atoms with Crippen LogP contribution in [0, 0.1) is 5.92 Å². The molecule has 0 aliphatic heterocycles. The van der Waals surface area contributed by atoms with Gasteiger partial charge in [0.1, 0.15) is 0 Å². The Morgan fingerprint density at radius 1 is 1.20 bits per heavy atom. The number of carbonyl (C=O) groups excluding carboxylic acids is 2. The fourth-order valence-electron chi connectivity index (χ4n) is 3.77. The molecule has 0 unspecified atom stereocenters. The number of rotatable bonds is 6. The Kier molecular flexibility index (Phi) is 5.63. The third-order valence-corrected chi connectivity index (χ3v) is 5.28. The number of aromatic amines is 1. The van der Waals surface area contributed by atoms with Crippen LogP contribution < -0.4 is 10.6 Å². The number of ketones is 1. The second kappa shape index (κ2) is 8.51. The van der Waals surface area contributed by atoms with Crippen LogP contribution >= 0.6 is 0 Å². The van der Waals surface area contributed by atoms with Crippen LogP contribution in [0.2, 0.25) is 0 Å². The molecule has 0 radical (unpaired) electrons. The number of para-hydroxylation sites is 1. The molecule has 2 heterocycles. The lowest BCUT2D eigenvalue weighted by atomic mass is 9.85. The molecule has 1 aliphatic carbocycles. The van der Waals surface area contributed by atoms with Crippen molar-refractivity contribution in [3.63, 3.8) is 0 Å². The molecule has 154 valence electrons. The zero-order valence-corrected chi connectivity index (χ0v) is 16.7. The smallest absolute Gasteiger partial charge is 0.224 e. The van der Waals surface area contributed by atoms with Gasteiger partial charge >= 0.3 is 0 Å². The van der Waals surface area contributed by atoms with Crippen LogP contribution in [-0.4, -0.2) is 39.4 Å². The molecule has 7 heteroatoms. The number of hydrogen-bond acceptors (Lipinski definition) is 5. The number of pyridine rings is 1. The van der Waals surface area contributed by atoms with Gasteiger partial charge in [0.25, 0.3) is 0 Å². The maximum atomic E-state index is 13.1. The van der Waals surface area contributed by atoms with Crippen molar-refractivity contribution >= 4 is 23.1 Å². The zero-order valence-electron chi connectivity index (χ0n) is 16.7. The molecule has 1 aliphatic rings. The number of H-pyrrole nitrogens is 1. The number of aliphatic hydroxyl groups is 1. The number of amides is 1. The molecule has 0 spiro atoms. The maximum absolute atomic E-state index is 13.1. The van der Waals surface area contributed by atoms with Crippen LogP contribution in [0.4, 0.5) is 11.4 Å². The Morgan fingerprint density at radius 2 is 1.93 bits per heavy atom. The van der Waals surface area contributed by atoms with Gasteiger partial charge in [-0.1, -0.05) is 18.2 Å². The van der Waals surface area contributed by atoms with Gasteiger partial charge in [0.15, 0.2) is 5.78 Å². The molecule has 7 nitrogen and oxygen atoms in total. The molecule has 2 aromatic heterocycles. The van der Waals surface area contributed by atoms with Crippen LogP contribution in [0.15, 0.2) is 54.9 Å². The summed E-state index contributed by atoms with van der Waals surface area (Å²) >= 11 is 0. The second-order valence-corrected chi connectivity index (χ2v) is 7.58. The number of fused-ring (bicyclic) bond motifs is 1. The third kappa shape index (κ3) is 3.97. The molecule has 4 N–H and O–H groups in total. The summed E-state index contributed by atoms with van der Waals surface area (Å²) in [6.07, 6.45) is 3.97. The lowest BCUT2D eigenvalue weighted by Crippen LogP contribution is -2.41.